The lowest BCUT2D eigenvalue weighted by Gasteiger charge is -1.85. The van der Waals surface area contributed by atoms with E-state index in [0.29, 0.717) is 0 Å². The fraction of sp³-hybridized carbons (Fsp3) is 0.692. The third kappa shape index (κ3) is 51.4. The molecule has 0 saturated carbocycles. The molecule has 0 spiro atoms. The van der Waals surface area contributed by atoms with Crippen molar-refractivity contribution in [1.82, 2.24) is 0 Å². The summed E-state index contributed by atoms with van der Waals surface area (Å²) in [4.78, 5) is 0. The summed E-state index contributed by atoms with van der Waals surface area (Å²) in [5.41, 5.74) is 1.20. The van der Waals surface area contributed by atoms with Crippen LogP contribution in [-0.2, 0) is 0 Å². The van der Waals surface area contributed by atoms with E-state index in [2.05, 4.69) is 13.5 Å². The summed E-state index contributed by atoms with van der Waals surface area (Å²) in [5.74, 6) is 0. The van der Waals surface area contributed by atoms with Crippen LogP contribution in [0.3, 0.4) is 0 Å². The van der Waals surface area contributed by atoms with Crippen molar-refractivity contribution in [2.75, 3.05) is 0 Å². The van der Waals surface area contributed by atoms with Gasteiger partial charge in [0.2, 0.25) is 0 Å². The molecule has 0 nitrogen and oxygen atoms in total. The van der Waals surface area contributed by atoms with Crippen LogP contribution < -0.4 is 0 Å². The molecule has 0 N–H and O–H groups in total. The van der Waals surface area contributed by atoms with Crippen LogP contribution in [0.1, 0.15) is 61.8 Å². The molecule has 0 radical (unpaired) electrons. The minimum Gasteiger partial charge on any atom is -0.0959 e. The molecule has 82 valence electrons. The van der Waals surface area contributed by atoms with Gasteiger partial charge in [0.05, 0.1) is 0 Å². The van der Waals surface area contributed by atoms with Gasteiger partial charge in [0.1, 0.15) is 0 Å². The lowest BCUT2D eigenvalue weighted by Crippen LogP contribution is -1.65. The molecule has 0 heterocycles. The van der Waals surface area contributed by atoms with Gasteiger partial charge in [-0.05, 0) is 13.3 Å². The van der Waals surface area contributed by atoms with Gasteiger partial charge >= 0.3 is 0 Å². The van der Waals surface area contributed by atoms with Crippen LogP contribution >= 0.6 is 0 Å². The molecule has 0 fully saturated rings. The van der Waals surface area contributed by atoms with Crippen molar-refractivity contribution in [1.29, 1.82) is 0 Å². The second-order valence-corrected chi connectivity index (χ2v) is 1.51. The highest BCUT2D eigenvalue weighted by Crippen LogP contribution is 1.95. The summed E-state index contributed by atoms with van der Waals surface area (Å²) in [7, 11) is 0. The van der Waals surface area contributed by atoms with Gasteiger partial charge in [0.25, 0.3) is 0 Å². The molecule has 0 aromatic rings. The second kappa shape index (κ2) is 42.0. The molecule has 0 saturated heterocycles. The average Bonchev–Trinajstić information content (AvgIpc) is 2.27. The summed E-state index contributed by atoms with van der Waals surface area (Å²) >= 11 is 0. The van der Waals surface area contributed by atoms with Gasteiger partial charge in [-0.1, -0.05) is 72.8 Å². The first-order valence-corrected chi connectivity index (χ1v) is 5.61. The van der Waals surface area contributed by atoms with Crippen molar-refractivity contribution < 1.29 is 0 Å². The predicted molar refractivity (Wildman–Crippen MR) is 68.3 cm³/mol. The number of hydrogen-bond donors (Lipinski definition) is 0. The summed E-state index contributed by atoms with van der Waals surface area (Å²) in [5, 5.41) is 0. The third-order valence-corrected chi connectivity index (χ3v) is 0.856. The Labute approximate surface area is 86.8 Å². The highest BCUT2D eigenvalue weighted by Gasteiger charge is 1.75. The van der Waals surface area contributed by atoms with Gasteiger partial charge in [0, 0.05) is 0 Å². The summed E-state index contributed by atoms with van der Waals surface area (Å²) in [6.45, 7) is 19.9. The quantitative estimate of drug-likeness (QED) is 0.492. The first-order valence-electron chi connectivity index (χ1n) is 5.61. The van der Waals surface area contributed by atoms with Gasteiger partial charge in [-0.25, -0.2) is 0 Å². The molecule has 0 rings (SSSR count). The third-order valence-electron chi connectivity index (χ3n) is 0.856. The van der Waals surface area contributed by atoms with Gasteiger partial charge < -0.3 is 0 Å². The molecule has 13 heavy (non-hydrogen) atoms. The Bertz CT molecular complexity index is 78.0. The van der Waals surface area contributed by atoms with Crippen LogP contribution in [0.5, 0.6) is 0 Å². The molecule has 0 atom stereocenters. The molecule has 0 aliphatic carbocycles. The van der Waals surface area contributed by atoms with Crippen LogP contribution in [0.2, 0.25) is 0 Å². The maximum atomic E-state index is 3.78. The standard InChI is InChI=1S/C7H12.3C2H6/c1-4-6-7(3)5-2;3*1-2/h4,6H,3,5H2,1-2H3;3*1-2H3/b6-4-;;;. The molecule has 0 heteroatoms. The molecule has 0 aliphatic heterocycles. The highest BCUT2D eigenvalue weighted by molar-refractivity contribution is 5.12. The molecule has 0 unspecified atom stereocenters. The molecule has 0 aromatic carbocycles. The SMILES string of the molecule is C=C(/C=C\C)CC.CC.CC.CC. The molecular weight excluding hydrogens is 156 g/mol. The maximum Gasteiger partial charge on any atom is -0.0313 e. The van der Waals surface area contributed by atoms with E-state index in [4.69, 9.17) is 0 Å². The maximum absolute atomic E-state index is 3.78. The van der Waals surface area contributed by atoms with Crippen LogP contribution in [0.25, 0.3) is 0 Å². The van der Waals surface area contributed by atoms with Crippen LogP contribution in [0, 0.1) is 0 Å². The Hall–Kier alpha value is -0.520. The zero-order chi connectivity index (χ0) is 11.7. The van der Waals surface area contributed by atoms with E-state index in [1.165, 1.54) is 5.57 Å². The number of hydrogen-bond acceptors (Lipinski definition) is 0. The Morgan fingerprint density at radius 1 is 1.00 bits per heavy atom. The predicted octanol–water partition coefficient (Wildman–Crippen LogP) is 5.61. The second-order valence-electron chi connectivity index (χ2n) is 1.51. The van der Waals surface area contributed by atoms with Crippen molar-refractivity contribution in [3.8, 4) is 0 Å². The van der Waals surface area contributed by atoms with Gasteiger partial charge in [-0.3, -0.25) is 0 Å². The highest BCUT2D eigenvalue weighted by atomic mass is 13.8. The molecular formula is C13H30. The van der Waals surface area contributed by atoms with Crippen molar-refractivity contribution in [3.05, 3.63) is 24.3 Å². The molecule has 0 aromatic heterocycles. The van der Waals surface area contributed by atoms with Crippen molar-refractivity contribution in [2.24, 2.45) is 0 Å². The summed E-state index contributed by atoms with van der Waals surface area (Å²) in [6, 6.07) is 0. The fourth-order valence-corrected chi connectivity index (χ4v) is 0.354. The minimum absolute atomic E-state index is 1.06. The average molecular weight is 186 g/mol. The van der Waals surface area contributed by atoms with Crippen molar-refractivity contribution >= 4 is 0 Å². The first-order chi connectivity index (χ1) is 6.31. The van der Waals surface area contributed by atoms with Crippen LogP contribution in [-0.4, -0.2) is 0 Å². The Kier molecular flexibility index (Phi) is 73.9. The van der Waals surface area contributed by atoms with E-state index in [-0.39, 0.29) is 0 Å². The van der Waals surface area contributed by atoms with Gasteiger partial charge in [0.15, 0.2) is 0 Å². The van der Waals surface area contributed by atoms with E-state index in [1.807, 2.05) is 60.6 Å². The monoisotopic (exact) mass is 186 g/mol. The zero-order valence-corrected chi connectivity index (χ0v) is 11.1. The minimum atomic E-state index is 1.06. The van der Waals surface area contributed by atoms with Crippen LogP contribution in [0.4, 0.5) is 0 Å². The Morgan fingerprint density at radius 2 is 1.31 bits per heavy atom. The zero-order valence-electron chi connectivity index (χ0n) is 11.1. The van der Waals surface area contributed by atoms with E-state index in [1.54, 1.807) is 0 Å². The molecule has 0 aliphatic rings. The van der Waals surface area contributed by atoms with Gasteiger partial charge in [-0.2, -0.15) is 0 Å². The van der Waals surface area contributed by atoms with Gasteiger partial charge in [-0.15, -0.1) is 0 Å². The van der Waals surface area contributed by atoms with Crippen LogP contribution in [0.15, 0.2) is 24.3 Å². The van der Waals surface area contributed by atoms with E-state index < -0.39 is 0 Å². The lowest BCUT2D eigenvalue weighted by atomic mass is 10.2. The topological polar surface area (TPSA) is 0 Å². The summed E-state index contributed by atoms with van der Waals surface area (Å²) in [6.07, 6.45) is 5.09. The fourth-order valence-electron chi connectivity index (χ4n) is 0.354. The number of rotatable bonds is 2. The van der Waals surface area contributed by atoms with E-state index >= 15 is 0 Å². The molecule has 0 amide bonds. The lowest BCUT2D eigenvalue weighted by molar-refractivity contribution is 1.16. The Morgan fingerprint density at radius 3 is 1.38 bits per heavy atom. The van der Waals surface area contributed by atoms with Crippen molar-refractivity contribution in [3.63, 3.8) is 0 Å². The largest absolute Gasteiger partial charge is 0.0959 e. The van der Waals surface area contributed by atoms with E-state index in [0.717, 1.165) is 6.42 Å². The first kappa shape index (κ1) is 22.9. The van der Waals surface area contributed by atoms with Crippen molar-refractivity contribution in [2.45, 2.75) is 61.8 Å². The normalized spacial score (nSPS) is 6.77. The molecule has 0 bridgehead atoms. The smallest absolute Gasteiger partial charge is 0.0313 e. The van der Waals surface area contributed by atoms with E-state index in [9.17, 15) is 0 Å². The summed E-state index contributed by atoms with van der Waals surface area (Å²) < 4.78 is 0. The number of allylic oxidation sites excluding steroid dienone is 3. The Balaban J connectivity index is -0.0000000573.